The van der Waals surface area contributed by atoms with Crippen molar-refractivity contribution in [3.05, 3.63) is 52.0 Å². The summed E-state index contributed by atoms with van der Waals surface area (Å²) in [5.74, 6) is -0.105. The van der Waals surface area contributed by atoms with Gasteiger partial charge in [-0.05, 0) is 43.2 Å². The van der Waals surface area contributed by atoms with E-state index in [4.69, 9.17) is 0 Å². The number of fused-ring (bicyclic) bond motifs is 1. The maximum absolute atomic E-state index is 12.7. The molecule has 2 aromatic rings. The molecule has 2 aromatic carbocycles. The average Bonchev–Trinajstić information content (AvgIpc) is 2.91. The fraction of sp³-hybridized carbons (Fsp3) is 0.235. The molecule has 1 N–H and O–H groups in total. The second kappa shape index (κ2) is 6.22. The number of nitrogens with one attached hydrogen (secondary N) is 1. The Kier molecular flexibility index (Phi) is 4.40. The first-order chi connectivity index (χ1) is 11.3. The van der Waals surface area contributed by atoms with Crippen LogP contribution in [0.15, 0.2) is 45.8 Å². The molecule has 24 heavy (non-hydrogen) atoms. The number of aryl methyl sites for hydroxylation is 1. The summed E-state index contributed by atoms with van der Waals surface area (Å²) >= 11 is 3.41. The lowest BCUT2D eigenvalue weighted by molar-refractivity contribution is -0.116. The third-order valence-corrected chi connectivity index (χ3v) is 5.82. The second-order valence-electron chi connectivity index (χ2n) is 5.80. The number of carbonyl (C=O) groups excluding carboxylic acids is 1. The predicted molar refractivity (Wildman–Crippen MR) is 97.9 cm³/mol. The van der Waals surface area contributed by atoms with Crippen molar-refractivity contribution in [1.29, 1.82) is 0 Å². The summed E-state index contributed by atoms with van der Waals surface area (Å²) in [6, 6.07) is 10.2. The van der Waals surface area contributed by atoms with Gasteiger partial charge in [0.1, 0.15) is 0 Å². The number of amides is 1. The van der Waals surface area contributed by atoms with E-state index in [1.165, 1.54) is 6.92 Å². The van der Waals surface area contributed by atoms with Crippen molar-refractivity contribution in [2.24, 2.45) is 0 Å². The monoisotopic (exact) mass is 408 g/mol. The number of sulfonamides is 1. The molecule has 0 radical (unpaired) electrons. The van der Waals surface area contributed by atoms with Crippen LogP contribution in [0.3, 0.4) is 0 Å². The molecule has 3 rings (SSSR count). The summed E-state index contributed by atoms with van der Waals surface area (Å²) in [7, 11) is -3.73. The molecular weight excluding hydrogens is 392 g/mol. The van der Waals surface area contributed by atoms with Crippen molar-refractivity contribution in [3.63, 3.8) is 0 Å². The van der Waals surface area contributed by atoms with E-state index < -0.39 is 10.0 Å². The minimum atomic E-state index is -3.73. The van der Waals surface area contributed by atoms with Crippen LogP contribution in [0, 0.1) is 6.92 Å². The zero-order chi connectivity index (χ0) is 17.5. The highest BCUT2D eigenvalue weighted by Gasteiger charge is 2.28. The van der Waals surface area contributed by atoms with Gasteiger partial charge in [-0.2, -0.15) is 0 Å². The number of hydrogen-bond acceptors (Lipinski definition) is 3. The molecule has 1 aliphatic rings. The summed E-state index contributed by atoms with van der Waals surface area (Å²) in [6.45, 7) is 3.94. The predicted octanol–water partition coefficient (Wildman–Crippen LogP) is 3.47. The van der Waals surface area contributed by atoms with E-state index in [9.17, 15) is 13.2 Å². The summed E-state index contributed by atoms with van der Waals surface area (Å²) in [6.07, 6.45) is 0.702. The molecule has 5 nitrogen and oxygen atoms in total. The second-order valence-corrected chi connectivity index (χ2v) is 8.40. The first kappa shape index (κ1) is 17.0. The Morgan fingerprint density at radius 2 is 1.88 bits per heavy atom. The molecule has 0 aromatic heterocycles. The van der Waals surface area contributed by atoms with E-state index in [1.54, 1.807) is 35.2 Å². The van der Waals surface area contributed by atoms with Gasteiger partial charge in [0.25, 0.3) is 10.0 Å². The van der Waals surface area contributed by atoms with Gasteiger partial charge in [-0.1, -0.05) is 33.6 Å². The lowest BCUT2D eigenvalue weighted by atomic mass is 10.1. The molecule has 0 aliphatic carbocycles. The van der Waals surface area contributed by atoms with Crippen molar-refractivity contribution in [2.45, 2.75) is 25.2 Å². The molecule has 0 unspecified atom stereocenters. The molecule has 7 heteroatoms. The standard InChI is InChI=1S/C17H17BrN2O3S/c1-11-3-5-15(6-4-11)24(22,23)19-16-10-14(18)9-13-7-8-20(12(2)21)17(13)16/h3-6,9-10,19H,7-8H2,1-2H3. The van der Waals surface area contributed by atoms with Gasteiger partial charge in [-0.15, -0.1) is 0 Å². The molecule has 1 amide bonds. The molecule has 0 bridgehead atoms. The van der Waals surface area contributed by atoms with Crippen LogP contribution in [0.25, 0.3) is 0 Å². The molecule has 0 atom stereocenters. The van der Waals surface area contributed by atoms with Crippen LogP contribution in [0.4, 0.5) is 11.4 Å². The van der Waals surface area contributed by atoms with E-state index in [0.717, 1.165) is 15.6 Å². The quantitative estimate of drug-likeness (QED) is 0.845. The van der Waals surface area contributed by atoms with Crippen LogP contribution in [0.1, 0.15) is 18.1 Å². The highest BCUT2D eigenvalue weighted by molar-refractivity contribution is 9.10. The Bertz CT molecular complexity index is 908. The molecule has 0 spiro atoms. The number of benzene rings is 2. The van der Waals surface area contributed by atoms with Gasteiger partial charge in [0.15, 0.2) is 0 Å². The first-order valence-corrected chi connectivity index (χ1v) is 9.75. The Balaban J connectivity index is 2.04. The summed E-state index contributed by atoms with van der Waals surface area (Å²) in [5.41, 5.74) is 2.98. The van der Waals surface area contributed by atoms with Crippen LogP contribution in [0.5, 0.6) is 0 Å². The number of halogens is 1. The lowest BCUT2D eigenvalue weighted by Crippen LogP contribution is -2.27. The zero-order valence-electron chi connectivity index (χ0n) is 13.3. The largest absolute Gasteiger partial charge is 0.310 e. The number of nitrogens with zero attached hydrogens (tertiary/aromatic N) is 1. The van der Waals surface area contributed by atoms with E-state index in [0.29, 0.717) is 24.3 Å². The zero-order valence-corrected chi connectivity index (χ0v) is 15.7. The van der Waals surface area contributed by atoms with Gasteiger partial charge in [0.2, 0.25) is 5.91 Å². The SMILES string of the molecule is CC(=O)N1CCc2cc(Br)cc(NS(=O)(=O)c3ccc(C)cc3)c21. The Labute approximate surface area is 149 Å². The summed E-state index contributed by atoms with van der Waals surface area (Å²) in [5, 5.41) is 0. The fourth-order valence-electron chi connectivity index (χ4n) is 2.82. The normalized spacial score (nSPS) is 13.7. The number of anilines is 2. The number of carbonyl (C=O) groups is 1. The van der Waals surface area contributed by atoms with Crippen molar-refractivity contribution < 1.29 is 13.2 Å². The van der Waals surface area contributed by atoms with Crippen molar-refractivity contribution in [1.82, 2.24) is 0 Å². The Morgan fingerprint density at radius 3 is 2.50 bits per heavy atom. The molecule has 126 valence electrons. The molecule has 1 aliphatic heterocycles. The third kappa shape index (κ3) is 3.18. The fourth-order valence-corrected chi connectivity index (χ4v) is 4.39. The number of rotatable bonds is 3. The Hall–Kier alpha value is -1.86. The molecule has 0 saturated heterocycles. The van der Waals surface area contributed by atoms with Crippen LogP contribution in [-0.2, 0) is 21.2 Å². The highest BCUT2D eigenvalue weighted by atomic mass is 79.9. The van der Waals surface area contributed by atoms with Gasteiger partial charge in [-0.3, -0.25) is 9.52 Å². The van der Waals surface area contributed by atoms with Gasteiger partial charge >= 0.3 is 0 Å². The van der Waals surface area contributed by atoms with E-state index >= 15 is 0 Å². The van der Waals surface area contributed by atoms with Crippen LogP contribution in [0.2, 0.25) is 0 Å². The Morgan fingerprint density at radius 1 is 1.21 bits per heavy atom. The van der Waals surface area contributed by atoms with Crippen molar-refractivity contribution in [2.75, 3.05) is 16.2 Å². The maximum Gasteiger partial charge on any atom is 0.261 e. The minimum absolute atomic E-state index is 0.105. The van der Waals surface area contributed by atoms with E-state index in [-0.39, 0.29) is 10.8 Å². The highest BCUT2D eigenvalue weighted by Crippen LogP contribution is 2.39. The van der Waals surface area contributed by atoms with Crippen molar-refractivity contribution >= 4 is 43.2 Å². The van der Waals surface area contributed by atoms with Crippen LogP contribution >= 0.6 is 15.9 Å². The van der Waals surface area contributed by atoms with Gasteiger partial charge < -0.3 is 4.90 Å². The average molecular weight is 409 g/mol. The van der Waals surface area contributed by atoms with Crippen molar-refractivity contribution in [3.8, 4) is 0 Å². The summed E-state index contributed by atoms with van der Waals surface area (Å²) in [4.78, 5) is 13.7. The first-order valence-electron chi connectivity index (χ1n) is 7.48. The van der Waals surface area contributed by atoms with Crippen LogP contribution < -0.4 is 9.62 Å². The molecule has 1 heterocycles. The van der Waals surface area contributed by atoms with Gasteiger partial charge in [0, 0.05) is 17.9 Å². The summed E-state index contributed by atoms with van der Waals surface area (Å²) < 4.78 is 28.7. The third-order valence-electron chi connectivity index (χ3n) is 3.98. The maximum atomic E-state index is 12.7. The smallest absolute Gasteiger partial charge is 0.261 e. The number of hydrogen-bond donors (Lipinski definition) is 1. The molecule has 0 saturated carbocycles. The minimum Gasteiger partial charge on any atom is -0.310 e. The topological polar surface area (TPSA) is 66.5 Å². The molecule has 0 fully saturated rings. The van der Waals surface area contributed by atoms with Gasteiger partial charge in [0.05, 0.1) is 16.3 Å². The van der Waals surface area contributed by atoms with Crippen LogP contribution in [-0.4, -0.2) is 20.9 Å². The lowest BCUT2D eigenvalue weighted by Gasteiger charge is -2.20. The van der Waals surface area contributed by atoms with E-state index in [1.807, 2.05) is 13.0 Å². The molecular formula is C17H17BrN2O3S. The van der Waals surface area contributed by atoms with Gasteiger partial charge in [-0.25, -0.2) is 8.42 Å². The van der Waals surface area contributed by atoms with E-state index in [2.05, 4.69) is 20.7 Å².